The molecule has 1 aliphatic carbocycles. The maximum atomic E-state index is 13.0. The Morgan fingerprint density at radius 2 is 1.96 bits per heavy atom. The van der Waals surface area contributed by atoms with Gasteiger partial charge in [0.1, 0.15) is 0 Å². The van der Waals surface area contributed by atoms with Crippen LogP contribution in [0.1, 0.15) is 49.2 Å². The van der Waals surface area contributed by atoms with E-state index in [1.165, 1.54) is 13.2 Å². The summed E-state index contributed by atoms with van der Waals surface area (Å²) in [6.45, 7) is 4.95. The molecular formula is C16H24N2O5S2. The molecule has 0 unspecified atom stereocenters. The van der Waals surface area contributed by atoms with Gasteiger partial charge in [0.25, 0.3) is 15.9 Å². The molecule has 0 radical (unpaired) electrons. The van der Waals surface area contributed by atoms with E-state index in [4.69, 9.17) is 14.6 Å². The molecule has 1 aliphatic heterocycles. The SMILES string of the molecule is COc1cc(C(=O)N2CC(C)(C)OC3(CCCC3)C2)sc1S(N)(=O)=O. The number of morpholine rings is 1. The van der Waals surface area contributed by atoms with Crippen molar-refractivity contribution in [2.75, 3.05) is 20.2 Å². The summed E-state index contributed by atoms with van der Waals surface area (Å²) in [4.78, 5) is 15.1. The van der Waals surface area contributed by atoms with Crippen LogP contribution in [-0.4, -0.2) is 50.6 Å². The molecule has 2 fully saturated rings. The first-order chi connectivity index (χ1) is 11.6. The average Bonchev–Trinajstić information content (AvgIpc) is 3.11. The van der Waals surface area contributed by atoms with Crippen molar-refractivity contribution in [3.63, 3.8) is 0 Å². The predicted octanol–water partition coefficient (Wildman–Crippen LogP) is 1.97. The second-order valence-corrected chi connectivity index (χ2v) is 10.2. The minimum atomic E-state index is -3.94. The van der Waals surface area contributed by atoms with Crippen LogP contribution in [0.3, 0.4) is 0 Å². The number of rotatable bonds is 3. The first-order valence-corrected chi connectivity index (χ1v) is 10.6. The minimum absolute atomic E-state index is 0.110. The molecule has 1 saturated carbocycles. The average molecular weight is 389 g/mol. The lowest BCUT2D eigenvalue weighted by molar-refractivity contribution is -0.184. The number of hydrogen-bond donors (Lipinski definition) is 1. The standard InChI is InChI=1S/C16H24N2O5S2/c1-15(2)9-18(10-16(23-15)6-4-5-7-16)13(19)12-8-11(22-3)14(24-12)25(17,20)21/h8H,4-7,9-10H2,1-3H3,(H2,17,20,21). The summed E-state index contributed by atoms with van der Waals surface area (Å²) >= 11 is 0.854. The van der Waals surface area contributed by atoms with Gasteiger partial charge in [0, 0.05) is 12.6 Å². The van der Waals surface area contributed by atoms with Crippen LogP contribution in [0.4, 0.5) is 0 Å². The molecule has 7 nitrogen and oxygen atoms in total. The Kier molecular flexibility index (Phi) is 4.64. The van der Waals surface area contributed by atoms with E-state index in [1.54, 1.807) is 4.90 Å². The van der Waals surface area contributed by atoms with E-state index < -0.39 is 15.6 Å². The van der Waals surface area contributed by atoms with E-state index in [0.717, 1.165) is 37.0 Å². The minimum Gasteiger partial charge on any atom is -0.494 e. The summed E-state index contributed by atoms with van der Waals surface area (Å²) in [5.74, 6) is -0.0974. The van der Waals surface area contributed by atoms with Crippen molar-refractivity contribution in [2.24, 2.45) is 5.14 Å². The number of ether oxygens (including phenoxy) is 2. The molecule has 2 heterocycles. The molecule has 0 bridgehead atoms. The van der Waals surface area contributed by atoms with Gasteiger partial charge in [-0.25, -0.2) is 13.6 Å². The van der Waals surface area contributed by atoms with E-state index in [1.807, 2.05) is 13.8 Å². The van der Waals surface area contributed by atoms with Crippen LogP contribution in [0.25, 0.3) is 0 Å². The van der Waals surface area contributed by atoms with E-state index in [0.29, 0.717) is 18.0 Å². The number of carbonyl (C=O) groups is 1. The number of nitrogens with two attached hydrogens (primary N) is 1. The normalized spacial score (nSPS) is 22.3. The highest BCUT2D eigenvalue weighted by Gasteiger charge is 2.47. The van der Waals surface area contributed by atoms with Crippen LogP contribution in [0.5, 0.6) is 5.75 Å². The van der Waals surface area contributed by atoms with Gasteiger partial charge < -0.3 is 14.4 Å². The quantitative estimate of drug-likeness (QED) is 0.853. The van der Waals surface area contributed by atoms with Crippen molar-refractivity contribution in [3.8, 4) is 5.75 Å². The maximum absolute atomic E-state index is 13.0. The van der Waals surface area contributed by atoms with E-state index in [-0.39, 0.29) is 21.5 Å². The fourth-order valence-corrected chi connectivity index (χ4v) is 5.88. The Morgan fingerprint density at radius 1 is 1.32 bits per heavy atom. The van der Waals surface area contributed by atoms with Gasteiger partial charge in [-0.1, -0.05) is 12.8 Å². The Hall–Kier alpha value is -1.16. The Morgan fingerprint density at radius 3 is 2.48 bits per heavy atom. The predicted molar refractivity (Wildman–Crippen MR) is 94.5 cm³/mol. The molecule has 1 aromatic rings. The summed E-state index contributed by atoms with van der Waals surface area (Å²) in [6, 6.07) is 1.45. The van der Waals surface area contributed by atoms with Crippen LogP contribution in [-0.2, 0) is 14.8 Å². The zero-order valence-corrected chi connectivity index (χ0v) is 16.3. The number of thiophene rings is 1. The highest BCUT2D eigenvalue weighted by Crippen LogP contribution is 2.42. The van der Waals surface area contributed by atoms with Crippen molar-refractivity contribution in [1.29, 1.82) is 0 Å². The fourth-order valence-electron chi connectivity index (χ4n) is 3.90. The van der Waals surface area contributed by atoms with Crippen LogP contribution >= 0.6 is 11.3 Å². The molecule has 140 valence electrons. The lowest BCUT2D eigenvalue weighted by Gasteiger charge is -2.48. The number of primary sulfonamides is 1. The Labute approximate surface area is 152 Å². The molecule has 1 aromatic heterocycles. The van der Waals surface area contributed by atoms with Gasteiger partial charge in [-0.05, 0) is 26.7 Å². The molecule has 1 amide bonds. The largest absolute Gasteiger partial charge is 0.494 e. The van der Waals surface area contributed by atoms with Crippen LogP contribution in [0.2, 0.25) is 0 Å². The van der Waals surface area contributed by atoms with Crippen LogP contribution in [0.15, 0.2) is 10.3 Å². The number of amides is 1. The van der Waals surface area contributed by atoms with Crippen molar-refractivity contribution in [3.05, 3.63) is 10.9 Å². The zero-order chi connectivity index (χ0) is 18.5. The summed E-state index contributed by atoms with van der Waals surface area (Å²) in [7, 11) is -2.58. The molecule has 0 atom stereocenters. The van der Waals surface area contributed by atoms with Crippen LogP contribution in [0, 0.1) is 0 Å². The second-order valence-electron chi connectivity index (χ2n) is 7.42. The van der Waals surface area contributed by atoms with Crippen molar-refractivity contribution in [2.45, 2.75) is 54.9 Å². The molecule has 1 spiro atoms. The van der Waals surface area contributed by atoms with Crippen molar-refractivity contribution < 1.29 is 22.7 Å². The summed E-state index contributed by atoms with van der Waals surface area (Å²) in [5, 5.41) is 5.22. The van der Waals surface area contributed by atoms with Gasteiger partial charge in [0.15, 0.2) is 9.96 Å². The lowest BCUT2D eigenvalue weighted by Crippen LogP contribution is -2.59. The fraction of sp³-hybridized carbons (Fsp3) is 0.688. The maximum Gasteiger partial charge on any atom is 0.264 e. The molecule has 3 rings (SSSR count). The Bertz CT molecular complexity index is 778. The summed E-state index contributed by atoms with van der Waals surface area (Å²) < 4.78 is 34.7. The first kappa shape index (κ1) is 18.6. The second kappa shape index (κ2) is 6.22. The zero-order valence-electron chi connectivity index (χ0n) is 14.7. The van der Waals surface area contributed by atoms with Gasteiger partial charge >= 0.3 is 0 Å². The van der Waals surface area contributed by atoms with Crippen LogP contribution < -0.4 is 9.88 Å². The molecule has 25 heavy (non-hydrogen) atoms. The van der Waals surface area contributed by atoms with Crippen molar-refractivity contribution in [1.82, 2.24) is 4.90 Å². The van der Waals surface area contributed by atoms with Gasteiger partial charge in [-0.2, -0.15) is 0 Å². The summed E-state index contributed by atoms with van der Waals surface area (Å²) in [6.07, 6.45) is 4.08. The topological polar surface area (TPSA) is 98.9 Å². The molecule has 0 aromatic carbocycles. The number of hydrogen-bond acceptors (Lipinski definition) is 6. The number of sulfonamides is 1. The Balaban J connectivity index is 1.91. The van der Waals surface area contributed by atoms with E-state index >= 15 is 0 Å². The highest BCUT2D eigenvalue weighted by atomic mass is 32.2. The third-order valence-corrected chi connectivity index (χ3v) is 7.26. The van der Waals surface area contributed by atoms with Gasteiger partial charge in [0.05, 0.1) is 29.7 Å². The van der Waals surface area contributed by atoms with Crippen molar-refractivity contribution >= 4 is 27.3 Å². The lowest BCUT2D eigenvalue weighted by atomic mass is 9.94. The van der Waals surface area contributed by atoms with Gasteiger partial charge in [0.2, 0.25) is 0 Å². The summed E-state index contributed by atoms with van der Waals surface area (Å²) in [5.41, 5.74) is -0.732. The molecule has 2 N–H and O–H groups in total. The monoisotopic (exact) mass is 388 g/mol. The third kappa shape index (κ3) is 3.69. The smallest absolute Gasteiger partial charge is 0.264 e. The molecule has 9 heteroatoms. The molecular weight excluding hydrogens is 364 g/mol. The van der Waals surface area contributed by atoms with Gasteiger partial charge in [-0.3, -0.25) is 4.79 Å². The molecule has 1 saturated heterocycles. The molecule has 2 aliphatic rings. The first-order valence-electron chi connectivity index (χ1n) is 8.25. The number of carbonyl (C=O) groups excluding carboxylic acids is 1. The third-order valence-electron chi connectivity index (χ3n) is 4.70. The number of nitrogens with zero attached hydrogens (tertiary/aromatic N) is 1. The number of methoxy groups -OCH3 is 1. The van der Waals surface area contributed by atoms with E-state index in [2.05, 4.69) is 0 Å². The highest BCUT2D eigenvalue weighted by molar-refractivity contribution is 7.91. The van der Waals surface area contributed by atoms with Gasteiger partial charge in [-0.15, -0.1) is 11.3 Å². The van der Waals surface area contributed by atoms with E-state index in [9.17, 15) is 13.2 Å².